The van der Waals surface area contributed by atoms with Crippen LogP contribution in [0, 0.1) is 0 Å². The highest BCUT2D eigenvalue weighted by atomic mass is 16.5. The summed E-state index contributed by atoms with van der Waals surface area (Å²) in [6, 6.07) is 4.99. The zero-order valence-electron chi connectivity index (χ0n) is 10.6. The van der Waals surface area contributed by atoms with E-state index in [0.29, 0.717) is 11.3 Å². The molecule has 1 rings (SSSR count). The number of ether oxygens (including phenoxy) is 1. The van der Waals surface area contributed by atoms with Crippen molar-refractivity contribution < 1.29 is 24.6 Å². The van der Waals surface area contributed by atoms with Crippen LogP contribution in [-0.2, 0) is 4.79 Å². The van der Waals surface area contributed by atoms with E-state index in [4.69, 9.17) is 9.94 Å². The van der Waals surface area contributed by atoms with Crippen LogP contribution in [0.1, 0.15) is 17.3 Å². The summed E-state index contributed by atoms with van der Waals surface area (Å²) in [6.45, 7) is 1.33. The van der Waals surface area contributed by atoms with Crippen molar-refractivity contribution in [3.8, 4) is 5.75 Å². The summed E-state index contributed by atoms with van der Waals surface area (Å²) >= 11 is 0. The van der Waals surface area contributed by atoms with E-state index in [1.807, 2.05) is 0 Å². The van der Waals surface area contributed by atoms with Crippen molar-refractivity contribution in [3.63, 3.8) is 0 Å². The number of hydroxylamine groups is 1. The highest BCUT2D eigenvalue weighted by molar-refractivity contribution is 5.97. The first-order valence-electron chi connectivity index (χ1n) is 5.56. The lowest BCUT2D eigenvalue weighted by Crippen LogP contribution is -2.51. The largest absolute Gasteiger partial charge is 0.497 e. The number of hydrogen-bond donors (Lipinski definition) is 4. The van der Waals surface area contributed by atoms with E-state index in [1.165, 1.54) is 31.6 Å². The van der Waals surface area contributed by atoms with Gasteiger partial charge in [-0.15, -0.1) is 0 Å². The number of nitrogens with one attached hydrogen (secondary N) is 2. The quantitative estimate of drug-likeness (QED) is 0.432. The number of amides is 2. The summed E-state index contributed by atoms with van der Waals surface area (Å²) in [4.78, 5) is 23.1. The second kappa shape index (κ2) is 6.72. The number of rotatable bonds is 5. The Morgan fingerprint density at radius 1 is 1.26 bits per heavy atom. The van der Waals surface area contributed by atoms with Crippen LogP contribution in [0.4, 0.5) is 0 Å². The molecule has 2 amide bonds. The first-order chi connectivity index (χ1) is 8.99. The second-order valence-electron chi connectivity index (χ2n) is 3.90. The maximum absolute atomic E-state index is 11.9. The first-order valence-corrected chi connectivity index (χ1v) is 5.56. The monoisotopic (exact) mass is 268 g/mol. The summed E-state index contributed by atoms with van der Waals surface area (Å²) in [5, 5.41) is 20.2. The van der Waals surface area contributed by atoms with Crippen LogP contribution in [0.5, 0.6) is 5.75 Å². The van der Waals surface area contributed by atoms with E-state index in [9.17, 15) is 14.7 Å². The van der Waals surface area contributed by atoms with Gasteiger partial charge in [0.2, 0.25) is 0 Å². The Hall–Kier alpha value is -2.12. The van der Waals surface area contributed by atoms with Gasteiger partial charge in [0.15, 0.2) is 0 Å². The number of aliphatic hydroxyl groups excluding tert-OH is 1. The van der Waals surface area contributed by atoms with Gasteiger partial charge in [0.05, 0.1) is 13.2 Å². The van der Waals surface area contributed by atoms with E-state index >= 15 is 0 Å². The molecule has 2 atom stereocenters. The molecule has 0 aliphatic heterocycles. The highest BCUT2D eigenvalue weighted by Gasteiger charge is 2.25. The third-order valence-electron chi connectivity index (χ3n) is 2.51. The minimum Gasteiger partial charge on any atom is -0.497 e. The van der Waals surface area contributed by atoms with Crippen molar-refractivity contribution in [1.82, 2.24) is 10.8 Å². The number of benzene rings is 1. The van der Waals surface area contributed by atoms with Gasteiger partial charge in [0.1, 0.15) is 11.8 Å². The molecule has 0 aliphatic carbocycles. The van der Waals surface area contributed by atoms with E-state index < -0.39 is 24.0 Å². The summed E-state index contributed by atoms with van der Waals surface area (Å²) < 4.78 is 4.95. The SMILES string of the molecule is COc1ccc(C(=O)N[C@H](C(=O)NO)[C@@H](C)O)cc1. The zero-order chi connectivity index (χ0) is 14.4. The maximum Gasteiger partial charge on any atom is 0.268 e. The minimum atomic E-state index is -1.24. The second-order valence-corrected chi connectivity index (χ2v) is 3.90. The van der Waals surface area contributed by atoms with Crippen molar-refractivity contribution >= 4 is 11.8 Å². The molecule has 0 heterocycles. The van der Waals surface area contributed by atoms with E-state index in [0.717, 1.165) is 0 Å². The average Bonchev–Trinajstić information content (AvgIpc) is 2.43. The molecule has 0 saturated heterocycles. The molecular formula is C12H16N2O5. The van der Waals surface area contributed by atoms with Gasteiger partial charge in [-0.1, -0.05) is 0 Å². The Morgan fingerprint density at radius 3 is 2.26 bits per heavy atom. The minimum absolute atomic E-state index is 0.303. The highest BCUT2D eigenvalue weighted by Crippen LogP contribution is 2.11. The third-order valence-corrected chi connectivity index (χ3v) is 2.51. The van der Waals surface area contributed by atoms with Gasteiger partial charge in [-0.05, 0) is 31.2 Å². The van der Waals surface area contributed by atoms with E-state index in [-0.39, 0.29) is 0 Å². The van der Waals surface area contributed by atoms with Crippen LogP contribution < -0.4 is 15.5 Å². The van der Waals surface area contributed by atoms with Crippen molar-refractivity contribution in [3.05, 3.63) is 29.8 Å². The smallest absolute Gasteiger partial charge is 0.268 e. The van der Waals surface area contributed by atoms with Gasteiger partial charge in [-0.2, -0.15) is 0 Å². The van der Waals surface area contributed by atoms with E-state index in [2.05, 4.69) is 5.32 Å². The normalized spacial score (nSPS) is 13.3. The molecular weight excluding hydrogens is 252 g/mol. The molecule has 104 valence electrons. The standard InChI is InChI=1S/C12H16N2O5/c1-7(15)10(12(17)14-18)13-11(16)8-3-5-9(19-2)6-4-8/h3-7,10,15,18H,1-2H3,(H,13,16)(H,14,17)/t7-,10+/m1/s1. The Bertz CT molecular complexity index is 444. The van der Waals surface area contributed by atoms with Crippen molar-refractivity contribution in [1.29, 1.82) is 0 Å². The average molecular weight is 268 g/mol. The summed E-state index contributed by atoms with van der Waals surface area (Å²) in [6.07, 6.45) is -1.14. The first kappa shape index (κ1) is 14.9. The Morgan fingerprint density at radius 2 is 1.84 bits per heavy atom. The molecule has 0 spiro atoms. The lowest BCUT2D eigenvalue weighted by molar-refractivity contribution is -0.133. The molecule has 7 heteroatoms. The van der Waals surface area contributed by atoms with Crippen molar-refractivity contribution in [2.45, 2.75) is 19.1 Å². The Kier molecular flexibility index (Phi) is 5.28. The molecule has 19 heavy (non-hydrogen) atoms. The molecule has 1 aromatic rings. The summed E-state index contributed by atoms with van der Waals surface area (Å²) in [5.74, 6) is -0.842. The van der Waals surface area contributed by atoms with Gasteiger partial charge in [0.25, 0.3) is 11.8 Å². The Balaban J connectivity index is 2.78. The van der Waals surface area contributed by atoms with Gasteiger partial charge in [0, 0.05) is 5.56 Å². The molecule has 0 aromatic heterocycles. The van der Waals surface area contributed by atoms with Crippen LogP contribution >= 0.6 is 0 Å². The zero-order valence-corrected chi connectivity index (χ0v) is 10.6. The third kappa shape index (κ3) is 3.94. The van der Waals surface area contributed by atoms with Gasteiger partial charge >= 0.3 is 0 Å². The molecule has 4 N–H and O–H groups in total. The van der Waals surface area contributed by atoms with Crippen LogP contribution in [0.25, 0.3) is 0 Å². The van der Waals surface area contributed by atoms with Crippen molar-refractivity contribution in [2.24, 2.45) is 0 Å². The molecule has 0 bridgehead atoms. The van der Waals surface area contributed by atoms with Gasteiger partial charge in [-0.3, -0.25) is 14.8 Å². The van der Waals surface area contributed by atoms with E-state index in [1.54, 1.807) is 12.1 Å². The predicted molar refractivity (Wildman–Crippen MR) is 65.9 cm³/mol. The maximum atomic E-state index is 11.9. The van der Waals surface area contributed by atoms with Crippen LogP contribution in [0.15, 0.2) is 24.3 Å². The predicted octanol–water partition coefficient (Wildman–Crippen LogP) is -0.320. The van der Waals surface area contributed by atoms with Crippen LogP contribution in [-0.4, -0.2) is 41.4 Å². The lowest BCUT2D eigenvalue weighted by atomic mass is 10.1. The number of carbonyl (C=O) groups is 2. The van der Waals surface area contributed by atoms with Gasteiger partial charge in [-0.25, -0.2) is 5.48 Å². The molecule has 0 fully saturated rings. The fourth-order valence-corrected chi connectivity index (χ4v) is 1.44. The lowest BCUT2D eigenvalue weighted by Gasteiger charge is -2.19. The van der Waals surface area contributed by atoms with Crippen molar-refractivity contribution in [2.75, 3.05) is 7.11 Å². The fraction of sp³-hybridized carbons (Fsp3) is 0.333. The number of aliphatic hydroxyl groups is 1. The molecule has 0 aliphatic rings. The Labute approximate surface area is 110 Å². The molecule has 1 aromatic carbocycles. The van der Waals surface area contributed by atoms with Crippen LogP contribution in [0.3, 0.4) is 0 Å². The molecule has 0 radical (unpaired) electrons. The molecule has 0 unspecified atom stereocenters. The summed E-state index contributed by atoms with van der Waals surface area (Å²) in [5.41, 5.74) is 1.69. The summed E-state index contributed by atoms with van der Waals surface area (Å²) in [7, 11) is 1.50. The molecule has 7 nitrogen and oxygen atoms in total. The van der Waals surface area contributed by atoms with Gasteiger partial charge < -0.3 is 15.2 Å². The van der Waals surface area contributed by atoms with Crippen LogP contribution in [0.2, 0.25) is 0 Å². The number of carbonyl (C=O) groups excluding carboxylic acids is 2. The fourth-order valence-electron chi connectivity index (χ4n) is 1.44. The number of hydrogen-bond acceptors (Lipinski definition) is 5. The number of methoxy groups -OCH3 is 1. The molecule has 0 saturated carbocycles. The topological polar surface area (TPSA) is 108 Å².